The molecule has 0 saturated carbocycles. The van der Waals surface area contributed by atoms with Gasteiger partial charge in [-0.3, -0.25) is 0 Å². The van der Waals surface area contributed by atoms with Crippen LogP contribution in [0.5, 0.6) is 5.75 Å². The van der Waals surface area contributed by atoms with Gasteiger partial charge in [0, 0.05) is 12.0 Å². The van der Waals surface area contributed by atoms with Gasteiger partial charge in [-0.1, -0.05) is 32.4 Å². The van der Waals surface area contributed by atoms with E-state index in [0.29, 0.717) is 6.54 Å². The summed E-state index contributed by atoms with van der Waals surface area (Å²) in [5, 5.41) is 0. The Morgan fingerprint density at radius 2 is 1.61 bits per heavy atom. The van der Waals surface area contributed by atoms with Crippen molar-refractivity contribution in [2.75, 3.05) is 6.54 Å². The predicted octanol–water partition coefficient (Wildman–Crippen LogP) is 3.88. The second kappa shape index (κ2) is 5.75. The zero-order valence-corrected chi connectivity index (χ0v) is 12.4. The van der Waals surface area contributed by atoms with Gasteiger partial charge in [0.2, 0.25) is 0 Å². The van der Waals surface area contributed by atoms with E-state index in [2.05, 4.69) is 46.8 Å². The number of nitrogens with two attached hydrogens (primary N) is 1. The molecular formula is C16H27NO. The van der Waals surface area contributed by atoms with Crippen LogP contribution in [0.1, 0.15) is 53.0 Å². The highest BCUT2D eigenvalue weighted by Crippen LogP contribution is 2.30. The van der Waals surface area contributed by atoms with Crippen molar-refractivity contribution in [1.29, 1.82) is 0 Å². The van der Waals surface area contributed by atoms with Crippen molar-refractivity contribution in [3.63, 3.8) is 0 Å². The molecule has 0 aromatic heterocycles. The van der Waals surface area contributed by atoms with E-state index in [4.69, 9.17) is 10.5 Å². The summed E-state index contributed by atoms with van der Waals surface area (Å²) in [6, 6.07) is 8.38. The van der Waals surface area contributed by atoms with Gasteiger partial charge >= 0.3 is 0 Å². The molecule has 1 aromatic rings. The molecule has 102 valence electrons. The van der Waals surface area contributed by atoms with Crippen LogP contribution in [0.15, 0.2) is 24.3 Å². The fourth-order valence-electron chi connectivity index (χ4n) is 2.19. The average molecular weight is 249 g/mol. The molecule has 0 aliphatic carbocycles. The molecular weight excluding hydrogens is 222 g/mol. The van der Waals surface area contributed by atoms with Crippen LogP contribution in [0.3, 0.4) is 0 Å². The minimum Gasteiger partial charge on any atom is -0.488 e. The minimum atomic E-state index is -0.151. The Kier molecular flexibility index (Phi) is 4.80. The molecule has 1 atom stereocenters. The Morgan fingerprint density at radius 3 is 2.00 bits per heavy atom. The van der Waals surface area contributed by atoms with Crippen LogP contribution < -0.4 is 10.5 Å². The maximum absolute atomic E-state index is 5.93. The molecule has 0 spiro atoms. The highest BCUT2D eigenvalue weighted by Gasteiger charge is 2.24. The second-order valence-electron chi connectivity index (χ2n) is 6.25. The Hall–Kier alpha value is -1.02. The first-order valence-electron chi connectivity index (χ1n) is 6.80. The number of hydrogen-bond acceptors (Lipinski definition) is 2. The van der Waals surface area contributed by atoms with Crippen molar-refractivity contribution in [1.82, 2.24) is 0 Å². The first kappa shape index (κ1) is 15.0. The van der Waals surface area contributed by atoms with E-state index >= 15 is 0 Å². The number of ether oxygens (including phenoxy) is 1. The van der Waals surface area contributed by atoms with Gasteiger partial charge in [-0.05, 0) is 44.9 Å². The smallest absolute Gasteiger partial charge is 0.120 e. The van der Waals surface area contributed by atoms with Crippen molar-refractivity contribution < 1.29 is 4.74 Å². The lowest BCUT2D eigenvalue weighted by atomic mass is 9.79. The van der Waals surface area contributed by atoms with E-state index in [1.165, 1.54) is 5.56 Å². The van der Waals surface area contributed by atoms with E-state index in [0.717, 1.165) is 18.6 Å². The summed E-state index contributed by atoms with van der Waals surface area (Å²) in [6.45, 7) is 11.3. The van der Waals surface area contributed by atoms with Gasteiger partial charge in [-0.2, -0.15) is 0 Å². The molecule has 0 fully saturated rings. The fraction of sp³-hybridized carbons (Fsp3) is 0.625. The Bertz CT molecular complexity index is 364. The third-order valence-corrected chi connectivity index (χ3v) is 3.23. The van der Waals surface area contributed by atoms with E-state index in [1.807, 2.05) is 12.1 Å². The van der Waals surface area contributed by atoms with Gasteiger partial charge in [0.1, 0.15) is 11.4 Å². The van der Waals surface area contributed by atoms with Crippen LogP contribution in [0, 0.1) is 0 Å². The Labute approximate surface area is 112 Å². The number of rotatable bonds is 5. The van der Waals surface area contributed by atoms with Crippen molar-refractivity contribution in [3.8, 4) is 5.75 Å². The zero-order valence-electron chi connectivity index (χ0n) is 12.4. The molecule has 0 aliphatic rings. The molecule has 2 N–H and O–H groups in total. The van der Waals surface area contributed by atoms with Crippen LogP contribution in [0.4, 0.5) is 0 Å². The summed E-state index contributed by atoms with van der Waals surface area (Å²) < 4.78 is 5.83. The molecule has 1 unspecified atom stereocenters. The molecule has 2 heteroatoms. The highest BCUT2D eigenvalue weighted by molar-refractivity contribution is 5.32. The molecule has 1 rings (SSSR count). The van der Waals surface area contributed by atoms with E-state index < -0.39 is 0 Å². The van der Waals surface area contributed by atoms with Crippen molar-refractivity contribution in [2.24, 2.45) is 5.73 Å². The van der Waals surface area contributed by atoms with E-state index in [9.17, 15) is 0 Å². The molecule has 0 aliphatic heterocycles. The first-order chi connectivity index (χ1) is 8.30. The lowest BCUT2D eigenvalue weighted by Crippen LogP contribution is -2.31. The Morgan fingerprint density at radius 1 is 1.06 bits per heavy atom. The lowest BCUT2D eigenvalue weighted by molar-refractivity contribution is 0.131. The molecule has 0 bridgehead atoms. The van der Waals surface area contributed by atoms with Crippen LogP contribution >= 0.6 is 0 Å². The third kappa shape index (κ3) is 4.02. The van der Waals surface area contributed by atoms with Crippen molar-refractivity contribution >= 4 is 0 Å². The topological polar surface area (TPSA) is 35.2 Å². The van der Waals surface area contributed by atoms with E-state index in [1.54, 1.807) is 0 Å². The Balaban J connectivity index is 2.87. The summed E-state index contributed by atoms with van der Waals surface area (Å²) in [5.74, 6) is 0.919. The van der Waals surface area contributed by atoms with E-state index in [-0.39, 0.29) is 11.0 Å². The minimum absolute atomic E-state index is 0.0784. The van der Waals surface area contributed by atoms with Gasteiger partial charge in [-0.25, -0.2) is 0 Å². The van der Waals surface area contributed by atoms with Crippen LogP contribution in [0.25, 0.3) is 0 Å². The predicted molar refractivity (Wildman–Crippen MR) is 78.1 cm³/mol. The fourth-order valence-corrected chi connectivity index (χ4v) is 2.19. The largest absolute Gasteiger partial charge is 0.488 e. The summed E-state index contributed by atoms with van der Waals surface area (Å²) >= 11 is 0. The summed E-state index contributed by atoms with van der Waals surface area (Å²) in [4.78, 5) is 0. The molecule has 0 saturated heterocycles. The molecule has 0 amide bonds. The van der Waals surface area contributed by atoms with Crippen molar-refractivity contribution in [2.45, 2.75) is 58.5 Å². The average Bonchev–Trinajstić information content (AvgIpc) is 2.28. The summed E-state index contributed by atoms with van der Waals surface area (Å²) in [7, 11) is 0. The lowest BCUT2D eigenvalue weighted by Gasteiger charge is -2.29. The van der Waals surface area contributed by atoms with Gasteiger partial charge in [0.15, 0.2) is 0 Å². The normalized spacial score (nSPS) is 15.2. The quantitative estimate of drug-likeness (QED) is 0.859. The van der Waals surface area contributed by atoms with Crippen molar-refractivity contribution in [3.05, 3.63) is 29.8 Å². The zero-order chi connectivity index (χ0) is 13.8. The maximum atomic E-state index is 5.93. The maximum Gasteiger partial charge on any atom is 0.120 e. The molecule has 2 nitrogen and oxygen atoms in total. The van der Waals surface area contributed by atoms with Crippen LogP contribution in [-0.4, -0.2) is 12.1 Å². The standard InChI is InChI=1S/C16H27NO/c1-6-11-16(5,12-17)13-7-9-14(10-8-13)18-15(2,3)4/h7-10H,6,11-12,17H2,1-5H3. The van der Waals surface area contributed by atoms with Gasteiger partial charge in [-0.15, -0.1) is 0 Å². The summed E-state index contributed by atoms with van der Waals surface area (Å²) in [5.41, 5.74) is 7.16. The number of benzene rings is 1. The molecule has 18 heavy (non-hydrogen) atoms. The van der Waals surface area contributed by atoms with Gasteiger partial charge in [0.25, 0.3) is 0 Å². The second-order valence-corrected chi connectivity index (χ2v) is 6.25. The van der Waals surface area contributed by atoms with Crippen LogP contribution in [0.2, 0.25) is 0 Å². The van der Waals surface area contributed by atoms with Gasteiger partial charge in [0.05, 0.1) is 0 Å². The van der Waals surface area contributed by atoms with Crippen LogP contribution in [-0.2, 0) is 5.41 Å². The third-order valence-electron chi connectivity index (χ3n) is 3.23. The summed E-state index contributed by atoms with van der Waals surface area (Å²) in [6.07, 6.45) is 2.26. The molecule has 1 aromatic carbocycles. The highest BCUT2D eigenvalue weighted by atomic mass is 16.5. The molecule has 0 heterocycles. The SMILES string of the molecule is CCCC(C)(CN)c1ccc(OC(C)(C)C)cc1. The molecule has 0 radical (unpaired) electrons. The number of hydrogen-bond donors (Lipinski definition) is 1. The monoisotopic (exact) mass is 249 g/mol. The first-order valence-corrected chi connectivity index (χ1v) is 6.80. The van der Waals surface area contributed by atoms with Gasteiger partial charge < -0.3 is 10.5 Å².